The number of fused-ring (bicyclic) bond motifs is 1. The molecule has 1 N–H and O–H groups in total. The molecule has 1 heterocycles. The molecule has 2 rings (SSSR count). The lowest BCUT2D eigenvalue weighted by Crippen LogP contribution is -2.22. The van der Waals surface area contributed by atoms with Gasteiger partial charge in [-0.05, 0) is 11.6 Å². The van der Waals surface area contributed by atoms with Crippen LogP contribution < -0.4 is 5.32 Å². The molecule has 1 aromatic carbocycles. The molecule has 13 heavy (non-hydrogen) atoms. The van der Waals surface area contributed by atoms with E-state index >= 15 is 0 Å². The van der Waals surface area contributed by atoms with Gasteiger partial charge in [0.2, 0.25) is 0 Å². The molecule has 0 saturated carbocycles. The first-order valence-corrected chi connectivity index (χ1v) is 3.98. The fourth-order valence-electron chi connectivity index (χ4n) is 1.58. The van der Waals surface area contributed by atoms with Crippen LogP contribution in [0.3, 0.4) is 0 Å². The van der Waals surface area contributed by atoms with E-state index in [-0.39, 0.29) is 6.54 Å². The van der Waals surface area contributed by atoms with Crippen molar-refractivity contribution in [2.75, 3.05) is 11.9 Å². The number of hydrogen-bond donors (Lipinski definition) is 1. The number of halogens is 3. The summed E-state index contributed by atoms with van der Waals surface area (Å²) in [6.45, 7) is -0.0388. The van der Waals surface area contributed by atoms with Crippen molar-refractivity contribution in [3.8, 4) is 0 Å². The first kappa shape index (κ1) is 8.41. The van der Waals surface area contributed by atoms with Gasteiger partial charge in [0, 0.05) is 12.2 Å². The van der Waals surface area contributed by atoms with Crippen molar-refractivity contribution in [2.24, 2.45) is 0 Å². The van der Waals surface area contributed by atoms with Crippen LogP contribution in [0.4, 0.5) is 18.9 Å². The van der Waals surface area contributed by atoms with Gasteiger partial charge >= 0.3 is 6.18 Å². The third-order valence-electron chi connectivity index (χ3n) is 2.23. The summed E-state index contributed by atoms with van der Waals surface area (Å²) in [6.07, 6.45) is -4.14. The summed E-state index contributed by atoms with van der Waals surface area (Å²) in [6, 6.07) is 6.55. The minimum Gasteiger partial charge on any atom is -0.384 e. The van der Waals surface area contributed by atoms with Gasteiger partial charge in [0.25, 0.3) is 0 Å². The zero-order valence-corrected chi connectivity index (χ0v) is 6.73. The highest BCUT2D eigenvalue weighted by atomic mass is 19.4. The van der Waals surface area contributed by atoms with E-state index in [0.717, 1.165) is 0 Å². The molecule has 4 heteroatoms. The van der Waals surface area contributed by atoms with Crippen molar-refractivity contribution >= 4 is 5.69 Å². The van der Waals surface area contributed by atoms with Crippen LogP contribution in [0.5, 0.6) is 0 Å². The minimum absolute atomic E-state index is 0.0388. The van der Waals surface area contributed by atoms with E-state index < -0.39 is 12.1 Å². The Balaban J connectivity index is 2.39. The van der Waals surface area contributed by atoms with Crippen LogP contribution in [0.1, 0.15) is 11.5 Å². The largest absolute Gasteiger partial charge is 0.397 e. The molecule has 0 aliphatic carbocycles. The zero-order chi connectivity index (χ0) is 9.47. The molecular weight excluding hydrogens is 179 g/mol. The van der Waals surface area contributed by atoms with Crippen LogP contribution in [-0.2, 0) is 0 Å². The lowest BCUT2D eigenvalue weighted by atomic mass is 10.0. The van der Waals surface area contributed by atoms with Gasteiger partial charge in [0.15, 0.2) is 0 Å². The number of hydrogen-bond acceptors (Lipinski definition) is 1. The summed E-state index contributed by atoms with van der Waals surface area (Å²) in [5.41, 5.74) is 0.958. The molecule has 0 bridgehead atoms. The molecule has 0 aromatic heterocycles. The molecule has 1 unspecified atom stereocenters. The van der Waals surface area contributed by atoms with Gasteiger partial charge in [0.1, 0.15) is 0 Å². The van der Waals surface area contributed by atoms with Crippen LogP contribution in [0.25, 0.3) is 0 Å². The molecule has 1 aliphatic rings. The van der Waals surface area contributed by atoms with E-state index in [1.807, 2.05) is 0 Å². The maximum Gasteiger partial charge on any atom is 0.397 e. The molecule has 0 fully saturated rings. The Kier molecular flexibility index (Phi) is 1.71. The summed E-state index contributed by atoms with van der Waals surface area (Å²) in [7, 11) is 0. The van der Waals surface area contributed by atoms with Crippen molar-refractivity contribution in [3.63, 3.8) is 0 Å². The number of nitrogens with one attached hydrogen (secondary N) is 1. The topological polar surface area (TPSA) is 12.0 Å². The third kappa shape index (κ3) is 1.36. The predicted octanol–water partition coefficient (Wildman–Crippen LogP) is 2.76. The van der Waals surface area contributed by atoms with Crippen molar-refractivity contribution in [2.45, 2.75) is 12.1 Å². The molecule has 0 saturated heterocycles. The van der Waals surface area contributed by atoms with Gasteiger partial charge in [0.05, 0.1) is 5.92 Å². The Hall–Kier alpha value is -1.19. The highest BCUT2D eigenvalue weighted by Crippen LogP contribution is 2.41. The normalized spacial score (nSPS) is 21.0. The van der Waals surface area contributed by atoms with E-state index in [4.69, 9.17) is 0 Å². The van der Waals surface area contributed by atoms with Crippen molar-refractivity contribution < 1.29 is 13.2 Å². The predicted molar refractivity (Wildman–Crippen MR) is 43.7 cm³/mol. The third-order valence-corrected chi connectivity index (χ3v) is 2.23. The molecular formula is C9H8F3N. The maximum atomic E-state index is 12.4. The van der Waals surface area contributed by atoms with E-state index in [2.05, 4.69) is 5.32 Å². The van der Waals surface area contributed by atoms with Gasteiger partial charge < -0.3 is 5.32 Å². The Labute approximate surface area is 73.6 Å². The summed E-state index contributed by atoms with van der Waals surface area (Å²) in [4.78, 5) is 0. The first-order valence-electron chi connectivity index (χ1n) is 3.98. The molecule has 0 radical (unpaired) electrons. The van der Waals surface area contributed by atoms with Gasteiger partial charge in [-0.1, -0.05) is 18.2 Å². The number of benzene rings is 1. The average molecular weight is 187 g/mol. The molecule has 0 amide bonds. The lowest BCUT2D eigenvalue weighted by molar-refractivity contribution is -0.145. The fourth-order valence-corrected chi connectivity index (χ4v) is 1.58. The molecule has 0 spiro atoms. The van der Waals surface area contributed by atoms with E-state index in [1.54, 1.807) is 18.2 Å². The van der Waals surface area contributed by atoms with Gasteiger partial charge in [-0.25, -0.2) is 0 Å². The number of rotatable bonds is 0. The lowest BCUT2D eigenvalue weighted by Gasteiger charge is -2.13. The highest BCUT2D eigenvalue weighted by molar-refractivity contribution is 5.58. The SMILES string of the molecule is FC(F)(F)C1CNc2ccccc21. The van der Waals surface area contributed by atoms with Crippen molar-refractivity contribution in [1.82, 2.24) is 0 Å². The van der Waals surface area contributed by atoms with Gasteiger partial charge in [-0.2, -0.15) is 13.2 Å². The second-order valence-corrected chi connectivity index (χ2v) is 3.06. The van der Waals surface area contributed by atoms with Crippen LogP contribution >= 0.6 is 0 Å². The maximum absolute atomic E-state index is 12.4. The quantitative estimate of drug-likeness (QED) is 0.658. The number of para-hydroxylation sites is 1. The summed E-state index contributed by atoms with van der Waals surface area (Å²) in [5.74, 6) is -1.34. The monoisotopic (exact) mass is 187 g/mol. The Bertz CT molecular complexity index is 319. The van der Waals surface area contributed by atoms with Crippen LogP contribution in [-0.4, -0.2) is 12.7 Å². The standard InChI is InChI=1S/C9H8F3N/c10-9(11,12)7-5-13-8-4-2-1-3-6(7)8/h1-4,7,13H,5H2. The minimum atomic E-state index is -4.14. The van der Waals surface area contributed by atoms with Crippen molar-refractivity contribution in [1.29, 1.82) is 0 Å². The Morgan fingerprint density at radius 2 is 1.92 bits per heavy atom. The first-order chi connectivity index (χ1) is 6.09. The molecule has 1 nitrogen and oxygen atoms in total. The van der Waals surface area contributed by atoms with Gasteiger partial charge in [-0.3, -0.25) is 0 Å². The van der Waals surface area contributed by atoms with Crippen molar-refractivity contribution in [3.05, 3.63) is 29.8 Å². The van der Waals surface area contributed by atoms with E-state index in [0.29, 0.717) is 11.3 Å². The average Bonchev–Trinajstić information content (AvgIpc) is 2.45. The number of anilines is 1. The van der Waals surface area contributed by atoms with Crippen LogP contribution in [0, 0.1) is 0 Å². The molecule has 1 atom stereocenters. The van der Waals surface area contributed by atoms with Crippen LogP contribution in [0.15, 0.2) is 24.3 Å². The molecule has 1 aromatic rings. The second-order valence-electron chi connectivity index (χ2n) is 3.06. The number of alkyl halides is 3. The highest BCUT2D eigenvalue weighted by Gasteiger charge is 2.44. The summed E-state index contributed by atoms with van der Waals surface area (Å²) >= 11 is 0. The Morgan fingerprint density at radius 1 is 1.23 bits per heavy atom. The smallest absolute Gasteiger partial charge is 0.384 e. The summed E-state index contributed by atoms with van der Waals surface area (Å²) < 4.78 is 37.2. The second kappa shape index (κ2) is 2.65. The Morgan fingerprint density at radius 3 is 2.62 bits per heavy atom. The van der Waals surface area contributed by atoms with Gasteiger partial charge in [-0.15, -0.1) is 0 Å². The van der Waals surface area contributed by atoms with E-state index in [9.17, 15) is 13.2 Å². The zero-order valence-electron chi connectivity index (χ0n) is 6.73. The molecule has 70 valence electrons. The summed E-state index contributed by atoms with van der Waals surface area (Å²) in [5, 5.41) is 2.74. The van der Waals surface area contributed by atoms with Crippen LogP contribution in [0.2, 0.25) is 0 Å². The van der Waals surface area contributed by atoms with E-state index in [1.165, 1.54) is 6.07 Å². The fraction of sp³-hybridized carbons (Fsp3) is 0.333. The molecule has 1 aliphatic heterocycles.